The molecule has 1 fully saturated rings. The van der Waals surface area contributed by atoms with Crippen LogP contribution in [0.25, 0.3) is 0 Å². The maximum absolute atomic E-state index is 12.6. The first-order valence-corrected chi connectivity index (χ1v) is 10.9. The zero-order valence-electron chi connectivity index (χ0n) is 19.1. The topological polar surface area (TPSA) is 41.6 Å². The number of rotatable bonds is 4. The van der Waals surface area contributed by atoms with E-state index in [1.807, 2.05) is 34.6 Å². The van der Waals surface area contributed by atoms with Gasteiger partial charge >= 0.3 is 6.36 Å². The lowest BCUT2D eigenvalue weighted by Gasteiger charge is -2.32. The van der Waals surface area contributed by atoms with E-state index < -0.39 is 6.36 Å². The van der Waals surface area contributed by atoms with Crippen molar-refractivity contribution in [1.29, 1.82) is 0 Å². The smallest absolute Gasteiger partial charge is 0.406 e. The lowest BCUT2D eigenvalue weighted by molar-refractivity contribution is -0.274. The van der Waals surface area contributed by atoms with Gasteiger partial charge in [0.1, 0.15) is 5.75 Å². The molecule has 2 aromatic carbocycles. The number of fused-ring (bicyclic) bond motifs is 5. The molecule has 0 radical (unpaired) electrons. The third-order valence-corrected chi connectivity index (χ3v) is 6.20. The van der Waals surface area contributed by atoms with Crippen LogP contribution < -0.4 is 15.0 Å². The van der Waals surface area contributed by atoms with Gasteiger partial charge in [0.25, 0.3) is 0 Å². The Morgan fingerprint density at radius 2 is 1.75 bits per heavy atom. The Morgan fingerprint density at radius 3 is 2.34 bits per heavy atom. The molecule has 32 heavy (non-hydrogen) atoms. The van der Waals surface area contributed by atoms with E-state index in [9.17, 15) is 18.0 Å². The number of ether oxygens (including phenoxy) is 1. The summed E-state index contributed by atoms with van der Waals surface area (Å²) in [6.45, 7) is 10.8. The van der Waals surface area contributed by atoms with Crippen molar-refractivity contribution in [1.82, 2.24) is 0 Å². The number of anilines is 2. The van der Waals surface area contributed by atoms with Gasteiger partial charge < -0.3 is 15.0 Å². The average Bonchev–Trinajstić information content (AvgIpc) is 3.21. The number of alkyl halides is 3. The molecule has 1 aliphatic heterocycles. The van der Waals surface area contributed by atoms with Crippen molar-refractivity contribution in [3.05, 3.63) is 52.6 Å². The van der Waals surface area contributed by atoms with E-state index in [1.54, 1.807) is 6.07 Å². The third kappa shape index (κ3) is 4.57. The highest BCUT2D eigenvalue weighted by Gasteiger charge is 2.43. The van der Waals surface area contributed by atoms with E-state index in [1.165, 1.54) is 12.1 Å². The molecular formula is C25H29F3N2O2. The van der Waals surface area contributed by atoms with Crippen LogP contribution in [-0.2, 0) is 4.79 Å². The second kappa shape index (κ2) is 7.71. The van der Waals surface area contributed by atoms with Crippen LogP contribution >= 0.6 is 0 Å². The summed E-state index contributed by atoms with van der Waals surface area (Å²) in [6.07, 6.45) is -3.36. The van der Waals surface area contributed by atoms with Gasteiger partial charge in [-0.1, -0.05) is 26.8 Å². The molecule has 2 bridgehead atoms. The Hall–Kier alpha value is -2.70. The number of carbonyl (C=O) groups is 1. The maximum Gasteiger partial charge on any atom is 0.573 e. The van der Waals surface area contributed by atoms with Crippen LogP contribution in [0.4, 0.5) is 24.5 Å². The first-order valence-electron chi connectivity index (χ1n) is 10.9. The minimum Gasteiger partial charge on any atom is -0.406 e. The summed E-state index contributed by atoms with van der Waals surface area (Å²) in [7, 11) is 0. The number of carbonyl (C=O) groups excluding carboxylic acids is 1. The standard InChI is InChI=1S/C25H29F3N2O2/c1-14-8-17(9-15(2)23(14)29-22(31)12-24(3,4)5)30-13-16-10-21(30)19-7-6-18(11-20(16)19)32-25(26,27)28/h6-9,11,16,21H,10,12-13H2,1-5H3,(H,29,31). The fourth-order valence-electron chi connectivity index (χ4n) is 5.02. The molecule has 0 aromatic heterocycles. The van der Waals surface area contributed by atoms with Crippen molar-refractivity contribution in [2.24, 2.45) is 5.41 Å². The van der Waals surface area contributed by atoms with Crippen molar-refractivity contribution >= 4 is 17.3 Å². The molecule has 1 amide bonds. The fraction of sp³-hybridized carbons (Fsp3) is 0.480. The zero-order valence-corrected chi connectivity index (χ0v) is 19.1. The van der Waals surface area contributed by atoms with Gasteiger partial charge in [-0.05, 0) is 72.2 Å². The van der Waals surface area contributed by atoms with Crippen molar-refractivity contribution in [3.63, 3.8) is 0 Å². The summed E-state index contributed by atoms with van der Waals surface area (Å²) in [5, 5.41) is 3.06. The van der Waals surface area contributed by atoms with Crippen molar-refractivity contribution in [2.75, 3.05) is 16.8 Å². The van der Waals surface area contributed by atoms with Crippen molar-refractivity contribution in [3.8, 4) is 5.75 Å². The Bertz CT molecular complexity index is 1030. The Labute approximate surface area is 186 Å². The predicted molar refractivity (Wildman–Crippen MR) is 119 cm³/mol. The highest BCUT2D eigenvalue weighted by molar-refractivity contribution is 5.93. The highest BCUT2D eigenvalue weighted by Crippen LogP contribution is 2.53. The highest BCUT2D eigenvalue weighted by atomic mass is 19.4. The summed E-state index contributed by atoms with van der Waals surface area (Å²) in [5.41, 5.74) is 5.85. The largest absolute Gasteiger partial charge is 0.573 e. The SMILES string of the molecule is Cc1cc(N2CC3CC2c2ccc(OC(F)(F)F)cc23)cc(C)c1NC(=O)CC(C)(C)C. The van der Waals surface area contributed by atoms with Gasteiger partial charge in [0.05, 0.1) is 6.04 Å². The molecule has 1 heterocycles. The number of hydrogen-bond donors (Lipinski definition) is 1. The number of amides is 1. The molecular weight excluding hydrogens is 417 g/mol. The van der Waals surface area contributed by atoms with Crippen LogP contribution in [0.1, 0.15) is 67.8 Å². The predicted octanol–water partition coefficient (Wildman–Crippen LogP) is 6.63. The Kier molecular flexibility index (Phi) is 5.42. The number of nitrogens with zero attached hydrogens (tertiary/aromatic N) is 1. The first-order chi connectivity index (χ1) is 14.8. The second-order valence-electron chi connectivity index (χ2n) is 10.2. The van der Waals surface area contributed by atoms with Crippen LogP contribution in [0.15, 0.2) is 30.3 Å². The lowest BCUT2D eigenvalue weighted by atomic mass is 9.92. The van der Waals surface area contributed by atoms with Gasteiger partial charge in [-0.3, -0.25) is 4.79 Å². The molecule has 2 aliphatic rings. The summed E-state index contributed by atoms with van der Waals surface area (Å²) < 4.78 is 41.8. The molecule has 1 saturated heterocycles. The number of nitrogens with one attached hydrogen (secondary N) is 1. The van der Waals surface area contributed by atoms with E-state index >= 15 is 0 Å². The van der Waals surface area contributed by atoms with E-state index in [-0.39, 0.29) is 29.0 Å². The number of halogens is 3. The van der Waals surface area contributed by atoms with E-state index in [4.69, 9.17) is 0 Å². The first kappa shape index (κ1) is 22.5. The zero-order chi connectivity index (χ0) is 23.4. The van der Waals surface area contributed by atoms with Crippen molar-refractivity contribution in [2.45, 2.75) is 65.8 Å². The number of aryl methyl sites for hydroxylation is 2. The maximum atomic E-state index is 12.6. The van der Waals surface area contributed by atoms with E-state index in [0.29, 0.717) is 6.42 Å². The van der Waals surface area contributed by atoms with Gasteiger partial charge in [-0.2, -0.15) is 0 Å². The van der Waals surface area contributed by atoms with Crippen LogP contribution in [-0.4, -0.2) is 18.8 Å². The Balaban J connectivity index is 1.55. The summed E-state index contributed by atoms with van der Waals surface area (Å²) in [4.78, 5) is 14.7. The monoisotopic (exact) mass is 446 g/mol. The minimum absolute atomic E-state index is 0.00230. The molecule has 2 unspecified atom stereocenters. The fourth-order valence-corrected chi connectivity index (χ4v) is 5.02. The van der Waals surface area contributed by atoms with Gasteiger partial charge in [-0.15, -0.1) is 13.2 Å². The minimum atomic E-state index is -4.68. The van der Waals surface area contributed by atoms with E-state index in [0.717, 1.165) is 46.6 Å². The van der Waals surface area contributed by atoms with Crippen LogP contribution in [0.5, 0.6) is 5.75 Å². The molecule has 1 aliphatic carbocycles. The number of hydrogen-bond acceptors (Lipinski definition) is 3. The van der Waals surface area contributed by atoms with Gasteiger partial charge in [0.15, 0.2) is 0 Å². The third-order valence-electron chi connectivity index (χ3n) is 6.20. The lowest BCUT2D eigenvalue weighted by Crippen LogP contribution is -2.27. The van der Waals surface area contributed by atoms with Gasteiger partial charge in [0.2, 0.25) is 5.91 Å². The summed E-state index contributed by atoms with van der Waals surface area (Å²) in [6, 6.07) is 9.00. The van der Waals surface area contributed by atoms with Crippen LogP contribution in [0.3, 0.4) is 0 Å². The summed E-state index contributed by atoms with van der Waals surface area (Å²) in [5.74, 6) is 0.0263. The van der Waals surface area contributed by atoms with E-state index in [2.05, 4.69) is 27.1 Å². The molecule has 2 aromatic rings. The number of benzene rings is 2. The molecule has 0 spiro atoms. The Morgan fingerprint density at radius 1 is 1.09 bits per heavy atom. The quantitative estimate of drug-likeness (QED) is 0.573. The molecule has 172 valence electrons. The van der Waals surface area contributed by atoms with Crippen molar-refractivity contribution < 1.29 is 22.7 Å². The summed E-state index contributed by atoms with van der Waals surface area (Å²) >= 11 is 0. The van der Waals surface area contributed by atoms with Gasteiger partial charge in [0, 0.05) is 30.3 Å². The second-order valence-corrected chi connectivity index (χ2v) is 10.2. The molecule has 2 atom stereocenters. The normalized spacial score (nSPS) is 19.8. The average molecular weight is 447 g/mol. The molecule has 4 nitrogen and oxygen atoms in total. The van der Waals surface area contributed by atoms with Crippen LogP contribution in [0, 0.1) is 19.3 Å². The van der Waals surface area contributed by atoms with Gasteiger partial charge in [-0.25, -0.2) is 0 Å². The molecule has 1 N–H and O–H groups in total. The molecule has 4 rings (SSSR count). The van der Waals surface area contributed by atoms with Crippen LogP contribution in [0.2, 0.25) is 0 Å². The molecule has 0 saturated carbocycles. The molecule has 7 heteroatoms.